The summed E-state index contributed by atoms with van der Waals surface area (Å²) in [5.74, 6) is 0. The number of aryl methyl sites for hydroxylation is 2. The first-order valence-corrected chi connectivity index (χ1v) is 7.05. The van der Waals surface area contributed by atoms with Crippen LogP contribution in [0.3, 0.4) is 0 Å². The lowest BCUT2D eigenvalue weighted by Gasteiger charge is -2.15. The molecule has 0 N–H and O–H groups in total. The predicted molar refractivity (Wildman–Crippen MR) is 80.2 cm³/mol. The minimum Gasteiger partial charge on any atom is -0.166 e. The molecule has 0 saturated carbocycles. The molecule has 0 heterocycles. The van der Waals surface area contributed by atoms with Crippen molar-refractivity contribution >= 4 is 23.2 Å². The summed E-state index contributed by atoms with van der Waals surface area (Å²) in [6, 6.07) is 7.44. The van der Waals surface area contributed by atoms with Crippen LogP contribution in [0, 0.1) is 13.8 Å². The zero-order chi connectivity index (χ0) is 15.8. The average molecular weight is 333 g/mol. The van der Waals surface area contributed by atoms with E-state index in [0.29, 0.717) is 10.0 Å². The highest BCUT2D eigenvalue weighted by molar-refractivity contribution is 6.42. The van der Waals surface area contributed by atoms with Crippen molar-refractivity contribution in [1.29, 1.82) is 0 Å². The van der Waals surface area contributed by atoms with E-state index in [1.54, 1.807) is 32.0 Å². The number of hydrogen-bond acceptors (Lipinski definition) is 0. The fourth-order valence-corrected chi connectivity index (χ4v) is 2.63. The van der Waals surface area contributed by atoms with Gasteiger partial charge < -0.3 is 0 Å². The molecule has 0 unspecified atom stereocenters. The molecule has 0 saturated heterocycles. The normalized spacial score (nSPS) is 11.8. The molecule has 112 valence electrons. The topological polar surface area (TPSA) is 0 Å². The van der Waals surface area contributed by atoms with E-state index in [1.807, 2.05) is 0 Å². The van der Waals surface area contributed by atoms with Crippen LogP contribution in [0.25, 0.3) is 0 Å². The molecule has 2 aromatic carbocycles. The minimum atomic E-state index is -4.37. The van der Waals surface area contributed by atoms with Crippen LogP contribution >= 0.6 is 23.2 Å². The second kappa shape index (κ2) is 5.90. The van der Waals surface area contributed by atoms with Crippen molar-refractivity contribution in [3.63, 3.8) is 0 Å². The lowest BCUT2D eigenvalue weighted by molar-refractivity contribution is -0.138. The molecule has 0 aliphatic rings. The van der Waals surface area contributed by atoms with Crippen molar-refractivity contribution in [3.8, 4) is 0 Å². The molecule has 0 radical (unpaired) electrons. The van der Waals surface area contributed by atoms with Crippen LogP contribution in [0.2, 0.25) is 10.0 Å². The Morgan fingerprint density at radius 2 is 1.52 bits per heavy atom. The van der Waals surface area contributed by atoms with Gasteiger partial charge in [-0.05, 0) is 55.2 Å². The van der Waals surface area contributed by atoms with Gasteiger partial charge in [0.15, 0.2) is 0 Å². The van der Waals surface area contributed by atoms with Crippen molar-refractivity contribution in [3.05, 3.63) is 68.2 Å². The molecule has 5 heteroatoms. The van der Waals surface area contributed by atoms with E-state index in [-0.39, 0.29) is 12.0 Å². The summed E-state index contributed by atoms with van der Waals surface area (Å²) in [4.78, 5) is 0. The third kappa shape index (κ3) is 3.72. The molecule has 21 heavy (non-hydrogen) atoms. The third-order valence-electron chi connectivity index (χ3n) is 3.33. The van der Waals surface area contributed by atoms with Gasteiger partial charge >= 0.3 is 6.18 Å². The fourth-order valence-electron chi connectivity index (χ4n) is 2.23. The molecule has 2 rings (SSSR count). The summed E-state index contributed by atoms with van der Waals surface area (Å²) in [5.41, 5.74) is 1.97. The SMILES string of the molecule is Cc1ccc(C(F)(F)F)c(Cc2cc(Cl)c(Cl)cc2C)c1. The van der Waals surface area contributed by atoms with Crippen LogP contribution in [0.5, 0.6) is 0 Å². The van der Waals surface area contributed by atoms with Crippen LogP contribution in [0.15, 0.2) is 30.3 Å². The molecule has 0 amide bonds. The Bertz CT molecular complexity index is 676. The fraction of sp³-hybridized carbons (Fsp3) is 0.250. The Morgan fingerprint density at radius 1 is 0.905 bits per heavy atom. The first-order valence-electron chi connectivity index (χ1n) is 6.29. The minimum absolute atomic E-state index is 0.166. The van der Waals surface area contributed by atoms with Gasteiger partial charge in [-0.1, -0.05) is 40.9 Å². The van der Waals surface area contributed by atoms with E-state index in [2.05, 4.69) is 0 Å². The quantitative estimate of drug-likeness (QED) is 0.612. The Hall–Kier alpha value is -1.19. The highest BCUT2D eigenvalue weighted by atomic mass is 35.5. The third-order valence-corrected chi connectivity index (χ3v) is 4.05. The molecule has 0 aromatic heterocycles. The molecule has 2 aromatic rings. The molecular formula is C16H13Cl2F3. The molecular weight excluding hydrogens is 320 g/mol. The van der Waals surface area contributed by atoms with Crippen LogP contribution in [0.1, 0.15) is 27.8 Å². The van der Waals surface area contributed by atoms with Gasteiger partial charge in [-0.2, -0.15) is 13.2 Å². The molecule has 0 atom stereocenters. The van der Waals surface area contributed by atoms with Gasteiger partial charge in [0.05, 0.1) is 15.6 Å². The summed E-state index contributed by atoms with van der Waals surface area (Å²) in [5, 5.41) is 0.747. The van der Waals surface area contributed by atoms with E-state index >= 15 is 0 Å². The lowest BCUT2D eigenvalue weighted by atomic mass is 9.95. The first-order chi connectivity index (χ1) is 9.68. The van der Waals surface area contributed by atoms with Crippen molar-refractivity contribution < 1.29 is 13.2 Å². The predicted octanol–water partition coefficient (Wildman–Crippen LogP) is 6.22. The van der Waals surface area contributed by atoms with Crippen LogP contribution in [-0.2, 0) is 12.6 Å². The van der Waals surface area contributed by atoms with E-state index in [1.165, 1.54) is 6.07 Å². The maximum Gasteiger partial charge on any atom is 0.416 e. The first kappa shape index (κ1) is 16.2. The van der Waals surface area contributed by atoms with Gasteiger partial charge in [0.25, 0.3) is 0 Å². The highest BCUT2D eigenvalue weighted by Gasteiger charge is 2.33. The number of rotatable bonds is 2. The zero-order valence-electron chi connectivity index (χ0n) is 11.5. The van der Waals surface area contributed by atoms with Crippen LogP contribution in [0.4, 0.5) is 13.2 Å². The van der Waals surface area contributed by atoms with E-state index in [9.17, 15) is 13.2 Å². The smallest absolute Gasteiger partial charge is 0.166 e. The Balaban J connectivity index is 2.49. The summed E-state index contributed by atoms with van der Waals surface area (Å²) in [6.45, 7) is 3.58. The van der Waals surface area contributed by atoms with E-state index in [0.717, 1.165) is 22.8 Å². The summed E-state index contributed by atoms with van der Waals surface area (Å²) >= 11 is 11.9. The Kier molecular flexibility index (Phi) is 4.54. The maximum atomic E-state index is 13.1. The average Bonchev–Trinajstić information content (AvgIpc) is 2.34. The molecule has 0 aliphatic heterocycles. The van der Waals surface area contributed by atoms with Gasteiger partial charge in [-0.25, -0.2) is 0 Å². The van der Waals surface area contributed by atoms with Gasteiger partial charge in [-0.15, -0.1) is 0 Å². The maximum absolute atomic E-state index is 13.1. The number of benzene rings is 2. The summed E-state index contributed by atoms with van der Waals surface area (Å²) < 4.78 is 39.2. The monoisotopic (exact) mass is 332 g/mol. The lowest BCUT2D eigenvalue weighted by Crippen LogP contribution is -2.10. The Morgan fingerprint density at radius 3 is 2.14 bits per heavy atom. The summed E-state index contributed by atoms with van der Waals surface area (Å²) in [7, 11) is 0. The van der Waals surface area contributed by atoms with Crippen LogP contribution in [-0.4, -0.2) is 0 Å². The molecule has 0 fully saturated rings. The molecule has 0 nitrogen and oxygen atoms in total. The standard InChI is InChI=1S/C16H13Cl2F3/c1-9-3-4-13(16(19,20)21)12(5-9)7-11-8-15(18)14(17)6-10(11)2/h3-6,8H,7H2,1-2H3. The Labute approximate surface area is 131 Å². The van der Waals surface area contributed by atoms with Crippen molar-refractivity contribution in [2.45, 2.75) is 26.4 Å². The van der Waals surface area contributed by atoms with Gasteiger partial charge in [0.1, 0.15) is 0 Å². The molecule has 0 bridgehead atoms. The van der Waals surface area contributed by atoms with Gasteiger partial charge in [0, 0.05) is 0 Å². The van der Waals surface area contributed by atoms with Crippen molar-refractivity contribution in [1.82, 2.24) is 0 Å². The molecule has 0 spiro atoms. The van der Waals surface area contributed by atoms with E-state index in [4.69, 9.17) is 23.2 Å². The highest BCUT2D eigenvalue weighted by Crippen LogP contribution is 2.34. The van der Waals surface area contributed by atoms with Crippen molar-refractivity contribution in [2.24, 2.45) is 0 Å². The largest absolute Gasteiger partial charge is 0.416 e. The number of alkyl halides is 3. The van der Waals surface area contributed by atoms with Gasteiger partial charge in [0.2, 0.25) is 0 Å². The molecule has 0 aliphatic carbocycles. The second-order valence-electron chi connectivity index (χ2n) is 5.03. The second-order valence-corrected chi connectivity index (χ2v) is 5.84. The van der Waals surface area contributed by atoms with Gasteiger partial charge in [-0.3, -0.25) is 0 Å². The number of halogens is 5. The van der Waals surface area contributed by atoms with Crippen molar-refractivity contribution in [2.75, 3.05) is 0 Å². The number of hydrogen-bond donors (Lipinski definition) is 0. The van der Waals surface area contributed by atoms with E-state index < -0.39 is 11.7 Å². The zero-order valence-corrected chi connectivity index (χ0v) is 13.0. The summed E-state index contributed by atoms with van der Waals surface area (Å²) in [6.07, 6.45) is -4.20. The van der Waals surface area contributed by atoms with Crippen LogP contribution < -0.4 is 0 Å².